The molecule has 0 amide bonds. The van der Waals surface area contributed by atoms with Crippen molar-refractivity contribution in [2.45, 2.75) is 380 Å². The third-order valence-corrected chi connectivity index (χ3v) is 18.8. The summed E-state index contributed by atoms with van der Waals surface area (Å²) in [5.74, 6) is -0.785. The predicted molar refractivity (Wildman–Crippen MR) is 418 cm³/mol. The van der Waals surface area contributed by atoms with E-state index in [1.165, 1.54) is 250 Å². The van der Waals surface area contributed by atoms with E-state index in [0.29, 0.717) is 17.4 Å². The molecule has 0 heterocycles. The molecule has 2 unspecified atom stereocenters. The smallest absolute Gasteiger partial charge is 0.462 e. The fourth-order valence-electron chi connectivity index (χ4n) is 11.6. The summed E-state index contributed by atoms with van der Waals surface area (Å²) in [4.78, 5) is 36.0. The van der Waals surface area contributed by atoms with Gasteiger partial charge in [0.15, 0.2) is 6.10 Å². The Morgan fingerprint density at radius 2 is 0.594 bits per heavy atom. The van der Waals surface area contributed by atoms with Crippen LogP contribution in [-0.4, -0.2) is 74.9 Å². The lowest BCUT2D eigenvalue weighted by atomic mass is 10.0. The van der Waals surface area contributed by atoms with E-state index in [4.69, 9.17) is 18.5 Å². The van der Waals surface area contributed by atoms with Gasteiger partial charge in [-0.1, -0.05) is 367 Å². The quantitative estimate of drug-likeness (QED) is 0.0211. The van der Waals surface area contributed by atoms with Crippen LogP contribution < -0.4 is 0 Å². The van der Waals surface area contributed by atoms with Crippen molar-refractivity contribution < 1.29 is 42.1 Å². The maximum atomic E-state index is 12.9. The van der Waals surface area contributed by atoms with Gasteiger partial charge in [-0.2, -0.15) is 0 Å². The molecule has 0 spiro atoms. The maximum Gasteiger partial charge on any atom is 0.472 e. The number of likely N-dealkylation sites (N-methyl/N-ethyl adjacent to an activating group) is 1. The second kappa shape index (κ2) is 75.9. The van der Waals surface area contributed by atoms with Gasteiger partial charge in [-0.3, -0.25) is 18.6 Å². The Bertz CT molecular complexity index is 1990. The molecule has 556 valence electrons. The molecule has 9 nitrogen and oxygen atoms in total. The van der Waals surface area contributed by atoms with Crippen LogP contribution in [0.25, 0.3) is 0 Å². The number of nitrogens with zero attached hydrogens (tertiary/aromatic N) is 1. The Hall–Kier alpha value is -3.33. The lowest BCUT2D eigenvalue weighted by Gasteiger charge is -2.24. The van der Waals surface area contributed by atoms with E-state index in [-0.39, 0.29) is 32.0 Å². The third kappa shape index (κ3) is 79.7. The van der Waals surface area contributed by atoms with Gasteiger partial charge in [-0.15, -0.1) is 0 Å². The van der Waals surface area contributed by atoms with Gasteiger partial charge in [0, 0.05) is 12.8 Å². The zero-order chi connectivity index (χ0) is 69.7. The summed E-state index contributed by atoms with van der Waals surface area (Å²) in [6.45, 7) is 4.35. The van der Waals surface area contributed by atoms with Gasteiger partial charge in [0.1, 0.15) is 19.8 Å². The Kier molecular flexibility index (Phi) is 73.2. The number of quaternary nitrogens is 1. The first kappa shape index (κ1) is 92.7. The van der Waals surface area contributed by atoms with Crippen LogP contribution in [0.5, 0.6) is 0 Å². The molecule has 0 fully saturated rings. The first-order valence-corrected chi connectivity index (χ1v) is 42.1. The zero-order valence-corrected chi connectivity index (χ0v) is 64.5. The van der Waals surface area contributed by atoms with Gasteiger partial charge >= 0.3 is 19.8 Å². The van der Waals surface area contributed by atoms with E-state index in [1.54, 1.807) is 0 Å². The van der Waals surface area contributed by atoms with Crippen LogP contribution in [0.3, 0.4) is 0 Å². The Labute approximate surface area is 595 Å². The van der Waals surface area contributed by atoms with Crippen molar-refractivity contribution in [1.82, 2.24) is 0 Å². The van der Waals surface area contributed by atoms with Gasteiger partial charge in [0.2, 0.25) is 0 Å². The number of unbranched alkanes of at least 4 members (excludes halogenated alkanes) is 43. The molecule has 0 bridgehead atoms. The molecule has 0 aliphatic heterocycles. The lowest BCUT2D eigenvalue weighted by molar-refractivity contribution is -0.870. The Morgan fingerprint density at radius 3 is 0.885 bits per heavy atom. The van der Waals surface area contributed by atoms with Crippen molar-refractivity contribution in [3.63, 3.8) is 0 Å². The number of ether oxygens (including phenoxy) is 2. The number of hydrogen-bond acceptors (Lipinski definition) is 7. The van der Waals surface area contributed by atoms with Crippen molar-refractivity contribution in [1.29, 1.82) is 0 Å². The molecular weight excluding hydrogens is 1210 g/mol. The average molecular weight is 1360 g/mol. The maximum absolute atomic E-state index is 12.9. The molecule has 0 radical (unpaired) electrons. The molecule has 0 rings (SSSR count). The predicted octanol–water partition coefficient (Wildman–Crippen LogP) is 27.2. The number of allylic oxidation sites excluding steroid dienone is 18. The summed E-state index contributed by atoms with van der Waals surface area (Å²) in [5.41, 5.74) is 0. The first-order valence-electron chi connectivity index (χ1n) is 40.6. The highest BCUT2D eigenvalue weighted by Gasteiger charge is 2.27. The minimum atomic E-state index is -4.40. The van der Waals surface area contributed by atoms with Crippen LogP contribution in [0.1, 0.15) is 373 Å². The van der Waals surface area contributed by atoms with Crippen LogP contribution in [0, 0.1) is 0 Å². The standard InChI is InChI=1S/C86H154NO8P/c1-6-8-10-12-14-16-18-20-22-24-26-28-30-32-34-36-38-40-41-42-43-44-45-47-48-50-52-54-56-58-60-62-64-66-68-70-72-74-76-78-85(88)92-82-84(83-94-96(90,91)93-81-80-87(3,4)5)95-86(89)79-77-75-73-71-69-67-65-63-61-59-57-55-53-51-49-46-39-37-35-33-31-29-27-25-23-21-19-17-15-13-11-9-7-2/h9,11,15,17-18,20-21,23-24,26-27,29-30,32-33,35,39,46,84H,6-8,10,12-14,16,19,22,25,28,31,34,36-38,40-45,47-83H2,1-5H3/p+1/b11-9-,17-15-,20-18-,23-21-,26-24-,29-27-,32-30-,35-33-,46-39-. The molecule has 0 aliphatic rings. The monoisotopic (exact) mass is 1360 g/mol. The summed E-state index contributed by atoms with van der Waals surface area (Å²) >= 11 is 0. The number of rotatable bonds is 75. The van der Waals surface area contributed by atoms with E-state index < -0.39 is 26.5 Å². The van der Waals surface area contributed by atoms with Gasteiger partial charge in [-0.25, -0.2) is 4.57 Å². The van der Waals surface area contributed by atoms with Crippen LogP contribution in [0.4, 0.5) is 0 Å². The summed E-state index contributed by atoms with van der Waals surface area (Å²) in [5, 5.41) is 0. The van der Waals surface area contributed by atoms with Gasteiger partial charge in [0.05, 0.1) is 27.7 Å². The van der Waals surface area contributed by atoms with Crippen molar-refractivity contribution >= 4 is 19.8 Å². The number of phosphoric acid groups is 1. The highest BCUT2D eigenvalue weighted by Crippen LogP contribution is 2.43. The topological polar surface area (TPSA) is 108 Å². The molecule has 0 aromatic carbocycles. The summed E-state index contributed by atoms with van der Waals surface area (Å²) < 4.78 is 34.8. The lowest BCUT2D eigenvalue weighted by Crippen LogP contribution is -2.37. The van der Waals surface area contributed by atoms with E-state index >= 15 is 0 Å². The Balaban J connectivity index is 3.94. The molecular formula is C86H155NO8P+. The van der Waals surface area contributed by atoms with Crippen molar-refractivity contribution in [2.24, 2.45) is 0 Å². The van der Waals surface area contributed by atoms with Crippen molar-refractivity contribution in [3.05, 3.63) is 109 Å². The Morgan fingerprint density at radius 1 is 0.333 bits per heavy atom. The minimum Gasteiger partial charge on any atom is -0.462 e. The van der Waals surface area contributed by atoms with Crippen molar-refractivity contribution in [3.8, 4) is 0 Å². The van der Waals surface area contributed by atoms with Gasteiger partial charge in [0.25, 0.3) is 0 Å². The minimum absolute atomic E-state index is 0.0301. The number of esters is 2. The number of phosphoric ester groups is 1. The van der Waals surface area contributed by atoms with E-state index in [9.17, 15) is 19.0 Å². The van der Waals surface area contributed by atoms with Crippen LogP contribution in [0.15, 0.2) is 109 Å². The van der Waals surface area contributed by atoms with Crippen LogP contribution in [0.2, 0.25) is 0 Å². The van der Waals surface area contributed by atoms with E-state index in [2.05, 4.69) is 123 Å². The van der Waals surface area contributed by atoms with Crippen molar-refractivity contribution in [2.75, 3.05) is 47.5 Å². The van der Waals surface area contributed by atoms with Crippen LogP contribution >= 0.6 is 7.82 Å². The second-order valence-corrected chi connectivity index (χ2v) is 29.9. The van der Waals surface area contributed by atoms with E-state index in [0.717, 1.165) is 89.9 Å². The number of carbonyl (C=O) groups excluding carboxylic acids is 2. The summed E-state index contributed by atoms with van der Waals surface area (Å²) in [7, 11) is 1.48. The van der Waals surface area contributed by atoms with Gasteiger partial charge < -0.3 is 18.9 Å². The molecule has 0 aliphatic carbocycles. The fourth-order valence-corrected chi connectivity index (χ4v) is 12.4. The normalized spacial score (nSPS) is 13.6. The molecule has 0 aromatic heterocycles. The fraction of sp³-hybridized carbons (Fsp3) is 0.767. The largest absolute Gasteiger partial charge is 0.472 e. The summed E-state index contributed by atoms with van der Waals surface area (Å²) in [6, 6.07) is 0. The van der Waals surface area contributed by atoms with E-state index in [1.807, 2.05) is 21.1 Å². The average Bonchev–Trinajstić information content (AvgIpc) is 1.48. The zero-order valence-electron chi connectivity index (χ0n) is 63.6. The molecule has 0 aromatic rings. The molecule has 1 N–H and O–H groups in total. The molecule has 0 saturated heterocycles. The van der Waals surface area contributed by atoms with Gasteiger partial charge in [-0.05, 0) is 103 Å². The molecule has 10 heteroatoms. The highest BCUT2D eigenvalue weighted by molar-refractivity contribution is 7.47. The molecule has 0 saturated carbocycles. The van der Waals surface area contributed by atoms with Crippen LogP contribution in [-0.2, 0) is 32.7 Å². The summed E-state index contributed by atoms with van der Waals surface area (Å²) in [6.07, 6.45) is 108. The highest BCUT2D eigenvalue weighted by atomic mass is 31.2. The number of hydrogen-bond donors (Lipinski definition) is 1. The SMILES string of the molecule is CC/C=C\C/C=C\C/C=C\C/C=C\C/C=C\C/C=C\CCCCCCCCCCCCCCCCC(=O)OC(COC(=O)CCCCCCCCCCCCCCCCCCCCCCCCCC/C=C\C/C=C\C/C=C\CCCCCCC)COP(=O)(O)OCC[N+](C)(C)C. The third-order valence-electron chi connectivity index (χ3n) is 17.8. The number of carbonyl (C=O) groups is 2. The molecule has 96 heavy (non-hydrogen) atoms. The first-order chi connectivity index (χ1) is 47.0. The second-order valence-electron chi connectivity index (χ2n) is 28.4. The molecule has 2 atom stereocenters.